The number of hydrogen-bond donors (Lipinski definition) is 1. The van der Waals surface area contributed by atoms with E-state index >= 15 is 0 Å². The third kappa shape index (κ3) is 2.20. The van der Waals surface area contributed by atoms with Gasteiger partial charge in [0.15, 0.2) is 0 Å². The van der Waals surface area contributed by atoms with Crippen LogP contribution in [0.3, 0.4) is 0 Å². The molecular formula is C10H15N3O. The van der Waals surface area contributed by atoms with Gasteiger partial charge in [0.05, 0.1) is 6.33 Å². The summed E-state index contributed by atoms with van der Waals surface area (Å²) in [4.78, 5) is 15.3. The maximum absolute atomic E-state index is 11.4. The molecule has 1 saturated heterocycles. The second-order valence-corrected chi connectivity index (χ2v) is 3.78. The molecule has 1 aliphatic rings. The van der Waals surface area contributed by atoms with Crippen molar-refractivity contribution < 1.29 is 0 Å². The molecule has 1 unspecified atom stereocenters. The van der Waals surface area contributed by atoms with E-state index < -0.39 is 0 Å². The fourth-order valence-corrected chi connectivity index (χ4v) is 1.87. The van der Waals surface area contributed by atoms with Crippen LogP contribution in [0.25, 0.3) is 0 Å². The maximum atomic E-state index is 11.4. The van der Waals surface area contributed by atoms with E-state index in [9.17, 15) is 4.79 Å². The van der Waals surface area contributed by atoms with Crippen LogP contribution in [-0.4, -0.2) is 22.6 Å². The van der Waals surface area contributed by atoms with Crippen LogP contribution < -0.4 is 10.9 Å². The first-order valence-corrected chi connectivity index (χ1v) is 5.07. The van der Waals surface area contributed by atoms with Crippen LogP contribution in [0.4, 0.5) is 0 Å². The Kier molecular flexibility index (Phi) is 2.93. The molecule has 0 aromatic carbocycles. The van der Waals surface area contributed by atoms with Crippen molar-refractivity contribution >= 4 is 0 Å². The van der Waals surface area contributed by atoms with Crippen molar-refractivity contribution in [3.05, 3.63) is 28.9 Å². The van der Waals surface area contributed by atoms with Gasteiger partial charge < -0.3 is 5.32 Å². The Hall–Kier alpha value is -1.16. The lowest BCUT2D eigenvalue weighted by atomic mass is 10.00. The minimum atomic E-state index is 0.0468. The molecule has 0 radical (unpaired) electrons. The first-order valence-electron chi connectivity index (χ1n) is 5.07. The highest BCUT2D eigenvalue weighted by molar-refractivity contribution is 4.83. The van der Waals surface area contributed by atoms with Crippen molar-refractivity contribution in [2.75, 3.05) is 13.1 Å². The zero-order valence-corrected chi connectivity index (χ0v) is 8.15. The summed E-state index contributed by atoms with van der Waals surface area (Å²) in [5.41, 5.74) is 0.0468. The monoisotopic (exact) mass is 193 g/mol. The van der Waals surface area contributed by atoms with E-state index in [0.29, 0.717) is 5.92 Å². The Morgan fingerprint density at radius 2 is 2.57 bits per heavy atom. The number of nitrogens with zero attached hydrogens (tertiary/aromatic N) is 2. The van der Waals surface area contributed by atoms with E-state index in [2.05, 4.69) is 10.3 Å². The molecule has 0 saturated carbocycles. The molecule has 0 aliphatic carbocycles. The second kappa shape index (κ2) is 4.37. The summed E-state index contributed by atoms with van der Waals surface area (Å²) < 4.78 is 1.69. The van der Waals surface area contributed by atoms with Gasteiger partial charge in [-0.2, -0.15) is 0 Å². The molecular weight excluding hydrogens is 178 g/mol. The molecule has 4 nitrogen and oxygen atoms in total. The minimum Gasteiger partial charge on any atom is -0.316 e. The fraction of sp³-hybridized carbons (Fsp3) is 0.600. The smallest absolute Gasteiger partial charge is 0.253 e. The molecule has 1 fully saturated rings. The number of nitrogens with one attached hydrogen (secondary N) is 1. The number of rotatable bonds is 2. The molecule has 1 atom stereocenters. The van der Waals surface area contributed by atoms with Gasteiger partial charge in [0.2, 0.25) is 0 Å². The van der Waals surface area contributed by atoms with Gasteiger partial charge in [-0.25, -0.2) is 4.98 Å². The maximum Gasteiger partial charge on any atom is 0.253 e. The third-order valence-corrected chi connectivity index (χ3v) is 2.65. The Balaban J connectivity index is 2.03. The van der Waals surface area contributed by atoms with Crippen molar-refractivity contribution in [2.24, 2.45) is 5.92 Å². The van der Waals surface area contributed by atoms with Gasteiger partial charge in [0.25, 0.3) is 5.56 Å². The van der Waals surface area contributed by atoms with Gasteiger partial charge in [0.1, 0.15) is 0 Å². The largest absolute Gasteiger partial charge is 0.316 e. The third-order valence-electron chi connectivity index (χ3n) is 2.65. The molecule has 76 valence electrons. The summed E-state index contributed by atoms with van der Waals surface area (Å²) in [5.74, 6) is 0.575. The molecule has 0 bridgehead atoms. The number of aromatic nitrogens is 2. The minimum absolute atomic E-state index is 0.0468. The SMILES string of the molecule is O=c1ccncn1CC1CCCNC1. The van der Waals surface area contributed by atoms with E-state index in [4.69, 9.17) is 0 Å². The molecule has 2 rings (SSSR count). The van der Waals surface area contributed by atoms with E-state index in [0.717, 1.165) is 19.6 Å². The van der Waals surface area contributed by atoms with Crippen LogP contribution in [0.2, 0.25) is 0 Å². The summed E-state index contributed by atoms with van der Waals surface area (Å²) in [6.07, 6.45) is 5.57. The average Bonchev–Trinajstić information content (AvgIpc) is 2.23. The predicted molar refractivity (Wildman–Crippen MR) is 54.1 cm³/mol. The van der Waals surface area contributed by atoms with Crippen LogP contribution in [0.5, 0.6) is 0 Å². The Morgan fingerprint density at radius 3 is 3.29 bits per heavy atom. The molecule has 14 heavy (non-hydrogen) atoms. The second-order valence-electron chi connectivity index (χ2n) is 3.78. The highest BCUT2D eigenvalue weighted by Gasteiger charge is 2.13. The van der Waals surface area contributed by atoms with Crippen molar-refractivity contribution in [2.45, 2.75) is 19.4 Å². The molecule has 0 amide bonds. The summed E-state index contributed by atoms with van der Waals surface area (Å²) in [5, 5.41) is 3.34. The van der Waals surface area contributed by atoms with E-state index in [-0.39, 0.29) is 5.56 Å². The number of hydrogen-bond acceptors (Lipinski definition) is 3. The lowest BCUT2D eigenvalue weighted by molar-refractivity contribution is 0.332. The molecule has 4 heteroatoms. The van der Waals surface area contributed by atoms with Gasteiger partial charge in [-0.3, -0.25) is 9.36 Å². The normalized spacial score (nSPS) is 22.1. The zero-order chi connectivity index (χ0) is 9.80. The molecule has 1 N–H and O–H groups in total. The van der Waals surface area contributed by atoms with Crippen LogP contribution in [0.15, 0.2) is 23.4 Å². The molecule has 2 heterocycles. The quantitative estimate of drug-likeness (QED) is 0.732. The Labute approximate surface area is 83.0 Å². The lowest BCUT2D eigenvalue weighted by Gasteiger charge is -2.22. The summed E-state index contributed by atoms with van der Waals surface area (Å²) >= 11 is 0. The topological polar surface area (TPSA) is 46.9 Å². The standard InChI is InChI=1S/C10H15N3O/c14-10-3-5-12-8-13(10)7-9-2-1-4-11-6-9/h3,5,8-9,11H,1-2,4,6-7H2. The summed E-state index contributed by atoms with van der Waals surface area (Å²) in [6, 6.07) is 1.51. The average molecular weight is 193 g/mol. The van der Waals surface area contributed by atoms with E-state index in [1.807, 2.05) is 0 Å². The zero-order valence-electron chi connectivity index (χ0n) is 8.15. The highest BCUT2D eigenvalue weighted by Crippen LogP contribution is 2.10. The van der Waals surface area contributed by atoms with Crippen molar-refractivity contribution in [1.29, 1.82) is 0 Å². The van der Waals surface area contributed by atoms with Gasteiger partial charge in [-0.05, 0) is 31.8 Å². The van der Waals surface area contributed by atoms with Crippen LogP contribution in [0, 0.1) is 5.92 Å². The molecule has 1 aliphatic heterocycles. The van der Waals surface area contributed by atoms with Crippen molar-refractivity contribution in [3.63, 3.8) is 0 Å². The van der Waals surface area contributed by atoms with Crippen LogP contribution >= 0.6 is 0 Å². The van der Waals surface area contributed by atoms with E-state index in [1.165, 1.54) is 25.1 Å². The van der Waals surface area contributed by atoms with Crippen LogP contribution in [-0.2, 0) is 6.54 Å². The highest BCUT2D eigenvalue weighted by atomic mass is 16.1. The van der Waals surface area contributed by atoms with Gasteiger partial charge in [0, 0.05) is 18.8 Å². The van der Waals surface area contributed by atoms with Gasteiger partial charge in [-0.15, -0.1) is 0 Å². The first kappa shape index (κ1) is 9.40. The predicted octanol–water partition coefficient (Wildman–Crippen LogP) is 0.243. The van der Waals surface area contributed by atoms with Crippen molar-refractivity contribution in [3.8, 4) is 0 Å². The van der Waals surface area contributed by atoms with Crippen molar-refractivity contribution in [1.82, 2.24) is 14.9 Å². The van der Waals surface area contributed by atoms with Gasteiger partial charge in [-0.1, -0.05) is 0 Å². The lowest BCUT2D eigenvalue weighted by Crippen LogP contribution is -2.34. The molecule has 1 aromatic heterocycles. The van der Waals surface area contributed by atoms with E-state index in [1.54, 1.807) is 10.9 Å². The molecule has 0 spiro atoms. The Bertz CT molecular complexity index is 341. The summed E-state index contributed by atoms with van der Waals surface area (Å²) in [7, 11) is 0. The van der Waals surface area contributed by atoms with Gasteiger partial charge >= 0.3 is 0 Å². The van der Waals surface area contributed by atoms with Crippen LogP contribution in [0.1, 0.15) is 12.8 Å². The Morgan fingerprint density at radius 1 is 1.64 bits per heavy atom. The number of piperidine rings is 1. The summed E-state index contributed by atoms with van der Waals surface area (Å²) in [6.45, 7) is 2.92. The first-order chi connectivity index (χ1) is 6.86. The molecule has 1 aromatic rings. The fourth-order valence-electron chi connectivity index (χ4n) is 1.87.